The fourth-order valence-electron chi connectivity index (χ4n) is 4.02. The molecule has 0 saturated carbocycles. The van der Waals surface area contributed by atoms with E-state index in [4.69, 9.17) is 9.47 Å². The van der Waals surface area contributed by atoms with Gasteiger partial charge in [-0.05, 0) is 72.1 Å². The van der Waals surface area contributed by atoms with Crippen LogP contribution in [0.5, 0.6) is 5.75 Å². The normalized spacial score (nSPS) is 24.9. The van der Waals surface area contributed by atoms with Crippen molar-refractivity contribution in [3.05, 3.63) is 29.3 Å². The molecule has 3 atom stereocenters. The zero-order chi connectivity index (χ0) is 23.0. The second-order valence-electron chi connectivity index (χ2n) is 9.69. The number of nitriles is 1. The van der Waals surface area contributed by atoms with Gasteiger partial charge in [-0.25, -0.2) is 4.79 Å². The van der Waals surface area contributed by atoms with Gasteiger partial charge in [0.1, 0.15) is 29.1 Å². The van der Waals surface area contributed by atoms with Crippen molar-refractivity contribution in [1.82, 2.24) is 10.2 Å². The molecule has 1 saturated heterocycles. The summed E-state index contributed by atoms with van der Waals surface area (Å²) >= 11 is 0. The highest BCUT2D eigenvalue weighted by atomic mass is 16.6. The Labute approximate surface area is 183 Å². The lowest BCUT2D eigenvalue weighted by Crippen LogP contribution is -2.58. The third-order valence-corrected chi connectivity index (χ3v) is 5.61. The Kier molecular flexibility index (Phi) is 6.19. The predicted octanol–water partition coefficient (Wildman–Crippen LogP) is 3.04. The maximum absolute atomic E-state index is 13.3. The first-order chi connectivity index (χ1) is 14.4. The van der Waals surface area contributed by atoms with Crippen LogP contribution < -0.4 is 10.1 Å². The van der Waals surface area contributed by atoms with Gasteiger partial charge in [-0.15, -0.1) is 0 Å². The summed E-state index contributed by atoms with van der Waals surface area (Å²) in [5.41, 5.74) is -0.667. The fourth-order valence-corrected chi connectivity index (χ4v) is 4.02. The van der Waals surface area contributed by atoms with Crippen LogP contribution in [0.3, 0.4) is 0 Å². The first-order valence-corrected chi connectivity index (χ1v) is 10.6. The van der Waals surface area contributed by atoms with Gasteiger partial charge in [-0.2, -0.15) is 5.26 Å². The van der Waals surface area contributed by atoms with Crippen molar-refractivity contribution in [2.75, 3.05) is 6.54 Å². The average Bonchev–Trinajstić information content (AvgIpc) is 2.69. The van der Waals surface area contributed by atoms with Gasteiger partial charge in [0.05, 0.1) is 17.7 Å². The fraction of sp³-hybridized carbons (Fsp3) is 0.609. The predicted molar refractivity (Wildman–Crippen MR) is 113 cm³/mol. The molecule has 8 nitrogen and oxygen atoms in total. The maximum Gasteiger partial charge on any atom is 0.410 e. The molecule has 0 spiro atoms. The van der Waals surface area contributed by atoms with Gasteiger partial charge in [0.2, 0.25) is 5.91 Å². The third kappa shape index (κ3) is 4.93. The molecule has 8 heteroatoms. The standard InChI is InChI=1S/C23H31N3O5/c1-22(2,3)31-21(29)26-11-7-6-8-16(26)20(28)25-18-15-12-14(13-24)9-10-17(15)30-23(4,5)19(18)27/h9-10,12,16,18-19,27H,6-8,11H2,1-5H3,(H,25,28). The van der Waals surface area contributed by atoms with Crippen molar-refractivity contribution in [2.45, 2.75) is 83.3 Å². The summed E-state index contributed by atoms with van der Waals surface area (Å²) in [4.78, 5) is 27.4. The van der Waals surface area contributed by atoms with Crippen molar-refractivity contribution in [3.8, 4) is 11.8 Å². The topological polar surface area (TPSA) is 112 Å². The van der Waals surface area contributed by atoms with Gasteiger partial charge in [0.15, 0.2) is 0 Å². The lowest BCUT2D eigenvalue weighted by Gasteiger charge is -2.43. The number of aliphatic hydroxyl groups excluding tert-OH is 1. The minimum absolute atomic E-state index is 0.361. The van der Waals surface area contributed by atoms with E-state index >= 15 is 0 Å². The van der Waals surface area contributed by atoms with Gasteiger partial charge >= 0.3 is 6.09 Å². The summed E-state index contributed by atoms with van der Waals surface area (Å²) in [6, 6.07) is 5.53. The molecule has 0 radical (unpaired) electrons. The van der Waals surface area contributed by atoms with E-state index in [2.05, 4.69) is 11.4 Å². The van der Waals surface area contributed by atoms with E-state index in [1.54, 1.807) is 52.8 Å². The van der Waals surface area contributed by atoms with Gasteiger partial charge in [-0.1, -0.05) is 0 Å². The Balaban J connectivity index is 1.87. The summed E-state index contributed by atoms with van der Waals surface area (Å²) in [6.07, 6.45) is 0.557. The van der Waals surface area contributed by atoms with E-state index in [9.17, 15) is 20.0 Å². The average molecular weight is 430 g/mol. The first-order valence-electron chi connectivity index (χ1n) is 10.6. The molecule has 0 bridgehead atoms. The van der Waals surface area contributed by atoms with Gasteiger partial charge in [0.25, 0.3) is 0 Å². The Hall–Kier alpha value is -2.79. The Bertz CT molecular complexity index is 899. The highest BCUT2D eigenvalue weighted by Gasteiger charge is 2.45. The molecular weight excluding hydrogens is 398 g/mol. The third-order valence-electron chi connectivity index (χ3n) is 5.61. The van der Waals surface area contributed by atoms with Crippen molar-refractivity contribution < 1.29 is 24.2 Å². The Morgan fingerprint density at radius 3 is 2.68 bits per heavy atom. The van der Waals surface area contributed by atoms with E-state index < -0.39 is 35.5 Å². The minimum atomic E-state index is -1.04. The zero-order valence-corrected chi connectivity index (χ0v) is 18.8. The second-order valence-corrected chi connectivity index (χ2v) is 9.69. The number of hydrogen-bond donors (Lipinski definition) is 2. The van der Waals surface area contributed by atoms with Crippen molar-refractivity contribution in [1.29, 1.82) is 5.26 Å². The number of fused-ring (bicyclic) bond motifs is 1. The van der Waals surface area contributed by atoms with Crippen molar-refractivity contribution in [2.24, 2.45) is 0 Å². The molecular formula is C23H31N3O5. The van der Waals surface area contributed by atoms with E-state index in [1.807, 2.05) is 0 Å². The summed E-state index contributed by atoms with van der Waals surface area (Å²) in [5, 5.41) is 23.1. The number of rotatable bonds is 2. The smallest absolute Gasteiger partial charge is 0.410 e. The van der Waals surface area contributed by atoms with Crippen molar-refractivity contribution >= 4 is 12.0 Å². The number of carbonyl (C=O) groups excluding carboxylic acids is 2. The molecule has 2 aliphatic heterocycles. The number of nitrogens with one attached hydrogen (secondary N) is 1. The van der Waals surface area contributed by atoms with E-state index in [0.29, 0.717) is 29.8 Å². The highest BCUT2D eigenvalue weighted by Crippen LogP contribution is 2.40. The molecule has 2 amide bonds. The first kappa shape index (κ1) is 22.9. The molecule has 1 aromatic carbocycles. The number of amides is 2. The number of nitrogens with zero attached hydrogens (tertiary/aromatic N) is 2. The van der Waals surface area contributed by atoms with Crippen LogP contribution in [0.4, 0.5) is 4.79 Å². The van der Waals surface area contributed by atoms with E-state index in [0.717, 1.165) is 12.8 Å². The largest absolute Gasteiger partial charge is 0.485 e. The monoisotopic (exact) mass is 429 g/mol. The minimum Gasteiger partial charge on any atom is -0.485 e. The van der Waals surface area contributed by atoms with Crippen LogP contribution >= 0.6 is 0 Å². The quantitative estimate of drug-likeness (QED) is 0.747. The number of aliphatic hydroxyl groups is 1. The van der Waals surface area contributed by atoms with Crippen LogP contribution in [0, 0.1) is 11.3 Å². The number of carbonyl (C=O) groups is 2. The van der Waals surface area contributed by atoms with E-state index in [-0.39, 0.29) is 5.91 Å². The van der Waals surface area contributed by atoms with Crippen LogP contribution in [-0.4, -0.2) is 51.9 Å². The van der Waals surface area contributed by atoms with E-state index in [1.165, 1.54) is 4.90 Å². The molecule has 0 aliphatic carbocycles. The summed E-state index contributed by atoms with van der Waals surface area (Å²) in [7, 11) is 0. The number of benzene rings is 1. The SMILES string of the molecule is CC(C)(C)OC(=O)N1CCCCC1C(=O)NC1c2cc(C#N)ccc2OC(C)(C)C1O. The Morgan fingerprint density at radius 1 is 1.32 bits per heavy atom. The van der Waals surface area contributed by atoms with Crippen LogP contribution in [0.2, 0.25) is 0 Å². The van der Waals surface area contributed by atoms with Gasteiger partial charge < -0.3 is 19.9 Å². The molecule has 3 rings (SSSR count). The highest BCUT2D eigenvalue weighted by molar-refractivity contribution is 5.86. The van der Waals surface area contributed by atoms with Crippen molar-refractivity contribution in [3.63, 3.8) is 0 Å². The second kappa shape index (κ2) is 8.39. The number of ether oxygens (including phenoxy) is 2. The molecule has 3 unspecified atom stereocenters. The lowest BCUT2D eigenvalue weighted by molar-refractivity contribution is -0.132. The van der Waals surface area contributed by atoms with Crippen LogP contribution in [0.25, 0.3) is 0 Å². The number of piperidine rings is 1. The molecule has 0 aromatic heterocycles. The zero-order valence-electron chi connectivity index (χ0n) is 18.8. The molecule has 1 aromatic rings. The molecule has 31 heavy (non-hydrogen) atoms. The Morgan fingerprint density at radius 2 is 2.03 bits per heavy atom. The van der Waals surface area contributed by atoms with Crippen LogP contribution in [0.15, 0.2) is 18.2 Å². The molecule has 2 aliphatic rings. The lowest BCUT2D eigenvalue weighted by atomic mass is 9.85. The van der Waals surface area contributed by atoms with Gasteiger partial charge in [-0.3, -0.25) is 9.69 Å². The molecule has 2 N–H and O–H groups in total. The number of likely N-dealkylation sites (tertiary alicyclic amines) is 1. The van der Waals surface area contributed by atoms with Crippen LogP contribution in [0.1, 0.15) is 71.0 Å². The molecule has 168 valence electrons. The molecule has 1 fully saturated rings. The summed E-state index contributed by atoms with van der Waals surface area (Å²) < 4.78 is 11.4. The van der Waals surface area contributed by atoms with Crippen LogP contribution in [-0.2, 0) is 9.53 Å². The van der Waals surface area contributed by atoms with Gasteiger partial charge in [0, 0.05) is 12.1 Å². The number of hydrogen-bond acceptors (Lipinski definition) is 6. The summed E-state index contributed by atoms with van der Waals surface area (Å²) in [6.45, 7) is 9.28. The maximum atomic E-state index is 13.3. The summed E-state index contributed by atoms with van der Waals surface area (Å²) in [5.74, 6) is 0.146. The molecule has 2 heterocycles.